The summed E-state index contributed by atoms with van der Waals surface area (Å²) < 4.78 is 13.0. The van der Waals surface area contributed by atoms with Crippen molar-refractivity contribution in [2.75, 3.05) is 0 Å². The van der Waals surface area contributed by atoms with Gasteiger partial charge in [0.2, 0.25) is 0 Å². The monoisotopic (exact) mass is 178 g/mol. The summed E-state index contributed by atoms with van der Waals surface area (Å²) in [4.78, 5) is 0. The van der Waals surface area contributed by atoms with Crippen molar-refractivity contribution in [3.8, 4) is 6.07 Å². The number of hydrogen-bond acceptors (Lipinski definition) is 2. The Morgan fingerprint density at radius 3 is 2.77 bits per heavy atom. The number of rotatable bonds is 2. The van der Waals surface area contributed by atoms with E-state index in [-0.39, 0.29) is 11.6 Å². The molecule has 0 aliphatic heterocycles. The molecule has 0 saturated carbocycles. The fourth-order valence-corrected chi connectivity index (χ4v) is 1.15. The molecule has 3 heteroatoms. The predicted octanol–water partition coefficient (Wildman–Crippen LogP) is 1.59. The Kier molecular flexibility index (Phi) is 2.99. The van der Waals surface area contributed by atoms with Crippen LogP contribution in [0.4, 0.5) is 4.39 Å². The van der Waals surface area contributed by atoms with Crippen molar-refractivity contribution in [3.05, 3.63) is 35.1 Å². The summed E-state index contributed by atoms with van der Waals surface area (Å²) in [5.41, 5.74) is 6.46. The van der Waals surface area contributed by atoms with Gasteiger partial charge in [0.1, 0.15) is 11.9 Å². The smallest absolute Gasteiger partial charge is 0.141 e. The van der Waals surface area contributed by atoms with Crippen molar-refractivity contribution in [1.29, 1.82) is 5.26 Å². The number of halogens is 1. The highest BCUT2D eigenvalue weighted by atomic mass is 19.1. The second-order valence-corrected chi connectivity index (χ2v) is 3.11. The Bertz CT molecular complexity index is 339. The molecule has 1 atom stereocenters. The van der Waals surface area contributed by atoms with Crippen LogP contribution in [-0.4, -0.2) is 6.04 Å². The van der Waals surface area contributed by atoms with Crippen LogP contribution in [0.25, 0.3) is 0 Å². The van der Waals surface area contributed by atoms with Gasteiger partial charge < -0.3 is 5.73 Å². The fraction of sp³-hybridized carbons (Fsp3) is 0.300. The molecule has 2 nitrogen and oxygen atoms in total. The third-order valence-corrected chi connectivity index (χ3v) is 1.71. The molecular weight excluding hydrogens is 167 g/mol. The molecule has 0 saturated heterocycles. The van der Waals surface area contributed by atoms with E-state index in [9.17, 15) is 4.39 Å². The Hall–Kier alpha value is -1.40. The zero-order valence-electron chi connectivity index (χ0n) is 7.42. The lowest BCUT2D eigenvalue weighted by Crippen LogP contribution is -2.17. The zero-order chi connectivity index (χ0) is 9.84. The molecule has 0 spiro atoms. The lowest BCUT2D eigenvalue weighted by atomic mass is 10.1. The zero-order valence-corrected chi connectivity index (χ0v) is 7.42. The van der Waals surface area contributed by atoms with Crippen molar-refractivity contribution < 1.29 is 4.39 Å². The third kappa shape index (κ3) is 2.53. The molecule has 0 heterocycles. The highest BCUT2D eigenvalue weighted by Gasteiger charge is 2.03. The first-order valence-corrected chi connectivity index (χ1v) is 4.07. The second-order valence-electron chi connectivity index (χ2n) is 3.11. The second kappa shape index (κ2) is 4.01. The molecule has 0 fully saturated rings. The average Bonchev–Trinajstić information content (AvgIpc) is 2.03. The summed E-state index contributed by atoms with van der Waals surface area (Å²) in [6.45, 7) is 1.86. The van der Waals surface area contributed by atoms with E-state index in [1.165, 1.54) is 12.1 Å². The molecule has 1 unspecified atom stereocenters. The van der Waals surface area contributed by atoms with Gasteiger partial charge in [-0.15, -0.1) is 0 Å². The predicted molar refractivity (Wildman–Crippen MR) is 48.5 cm³/mol. The van der Waals surface area contributed by atoms with Gasteiger partial charge >= 0.3 is 0 Å². The van der Waals surface area contributed by atoms with Gasteiger partial charge in [0.15, 0.2) is 0 Å². The molecule has 1 aromatic rings. The quantitative estimate of drug-likeness (QED) is 0.747. The summed E-state index contributed by atoms with van der Waals surface area (Å²) in [6.07, 6.45) is 0.628. The lowest BCUT2D eigenvalue weighted by molar-refractivity contribution is 0.619. The van der Waals surface area contributed by atoms with Crippen LogP contribution in [0, 0.1) is 17.1 Å². The van der Waals surface area contributed by atoms with E-state index >= 15 is 0 Å². The first-order valence-electron chi connectivity index (χ1n) is 4.07. The van der Waals surface area contributed by atoms with Crippen molar-refractivity contribution >= 4 is 0 Å². The van der Waals surface area contributed by atoms with E-state index < -0.39 is 5.82 Å². The molecule has 0 aromatic heterocycles. The third-order valence-electron chi connectivity index (χ3n) is 1.71. The van der Waals surface area contributed by atoms with E-state index in [4.69, 9.17) is 11.0 Å². The number of nitrogens with two attached hydrogens (primary N) is 1. The topological polar surface area (TPSA) is 49.8 Å². The Balaban J connectivity index is 2.91. The molecule has 0 amide bonds. The van der Waals surface area contributed by atoms with E-state index in [2.05, 4.69) is 0 Å². The lowest BCUT2D eigenvalue weighted by Gasteiger charge is -2.04. The van der Waals surface area contributed by atoms with Crippen molar-refractivity contribution in [3.63, 3.8) is 0 Å². The van der Waals surface area contributed by atoms with Gasteiger partial charge in [-0.2, -0.15) is 5.26 Å². The van der Waals surface area contributed by atoms with Crippen LogP contribution in [-0.2, 0) is 6.42 Å². The minimum absolute atomic E-state index is 0.00679. The largest absolute Gasteiger partial charge is 0.328 e. The number of nitrogens with zero attached hydrogens (tertiary/aromatic N) is 1. The molecule has 13 heavy (non-hydrogen) atoms. The highest BCUT2D eigenvalue weighted by molar-refractivity contribution is 5.33. The standard InChI is InChI=1S/C10H11FN2/c1-7(13)4-8-2-3-9(6-12)10(11)5-8/h2-3,5,7H,4,13H2,1H3. The molecular formula is C10H11FN2. The van der Waals surface area contributed by atoms with Crippen LogP contribution in [0.5, 0.6) is 0 Å². The van der Waals surface area contributed by atoms with E-state index in [1.807, 2.05) is 6.92 Å². The van der Waals surface area contributed by atoms with Gasteiger partial charge in [-0.05, 0) is 31.0 Å². The average molecular weight is 178 g/mol. The SMILES string of the molecule is CC(N)Cc1ccc(C#N)c(F)c1. The van der Waals surface area contributed by atoms with Gasteiger partial charge in [-0.1, -0.05) is 6.07 Å². The van der Waals surface area contributed by atoms with Crippen LogP contribution >= 0.6 is 0 Å². The van der Waals surface area contributed by atoms with Gasteiger partial charge in [0.05, 0.1) is 5.56 Å². The van der Waals surface area contributed by atoms with E-state index in [0.29, 0.717) is 6.42 Å². The van der Waals surface area contributed by atoms with Crippen LogP contribution in [0.1, 0.15) is 18.1 Å². The molecule has 0 aliphatic carbocycles. The molecule has 0 aliphatic rings. The summed E-state index contributed by atoms with van der Waals surface area (Å²) in [7, 11) is 0. The van der Waals surface area contributed by atoms with Crippen LogP contribution in [0.2, 0.25) is 0 Å². The fourth-order valence-electron chi connectivity index (χ4n) is 1.15. The minimum atomic E-state index is -0.472. The highest BCUT2D eigenvalue weighted by Crippen LogP contribution is 2.10. The number of benzene rings is 1. The van der Waals surface area contributed by atoms with Crippen molar-refractivity contribution in [2.24, 2.45) is 5.73 Å². The normalized spacial score (nSPS) is 12.2. The first-order chi connectivity index (χ1) is 6.13. The summed E-state index contributed by atoms with van der Waals surface area (Å²) in [5.74, 6) is -0.472. The number of hydrogen-bond donors (Lipinski definition) is 1. The van der Waals surface area contributed by atoms with E-state index in [1.54, 1.807) is 12.1 Å². The van der Waals surface area contributed by atoms with Crippen molar-refractivity contribution in [1.82, 2.24) is 0 Å². The van der Waals surface area contributed by atoms with Gasteiger partial charge in [0, 0.05) is 6.04 Å². The summed E-state index contributed by atoms with van der Waals surface area (Å²) in [6, 6.07) is 6.35. The molecule has 0 radical (unpaired) electrons. The molecule has 2 N–H and O–H groups in total. The van der Waals surface area contributed by atoms with Crippen LogP contribution in [0.3, 0.4) is 0 Å². The summed E-state index contributed by atoms with van der Waals surface area (Å²) >= 11 is 0. The van der Waals surface area contributed by atoms with Gasteiger partial charge in [-0.3, -0.25) is 0 Å². The molecule has 0 bridgehead atoms. The van der Waals surface area contributed by atoms with Gasteiger partial charge in [-0.25, -0.2) is 4.39 Å². The maximum Gasteiger partial charge on any atom is 0.141 e. The van der Waals surface area contributed by atoms with E-state index in [0.717, 1.165) is 5.56 Å². The van der Waals surface area contributed by atoms with Crippen LogP contribution in [0.15, 0.2) is 18.2 Å². The van der Waals surface area contributed by atoms with Crippen LogP contribution < -0.4 is 5.73 Å². The Morgan fingerprint density at radius 1 is 1.62 bits per heavy atom. The first kappa shape index (κ1) is 9.69. The molecule has 68 valence electrons. The molecule has 1 aromatic carbocycles. The maximum absolute atomic E-state index is 13.0. The van der Waals surface area contributed by atoms with Gasteiger partial charge in [0.25, 0.3) is 0 Å². The Morgan fingerprint density at radius 2 is 2.31 bits per heavy atom. The Labute approximate surface area is 76.8 Å². The summed E-state index contributed by atoms with van der Waals surface area (Å²) in [5, 5.41) is 8.48. The molecule has 1 rings (SSSR count). The maximum atomic E-state index is 13.0. The minimum Gasteiger partial charge on any atom is -0.328 e. The van der Waals surface area contributed by atoms with Crippen molar-refractivity contribution in [2.45, 2.75) is 19.4 Å². The number of nitriles is 1.